The van der Waals surface area contributed by atoms with Crippen molar-refractivity contribution in [3.8, 4) is 0 Å². The van der Waals surface area contributed by atoms with Crippen LogP contribution in [0.25, 0.3) is 0 Å². The molecule has 1 aromatic heterocycles. The molecule has 1 aliphatic carbocycles. The standard InChI is InChI=1S/C23H20ClN3O4/c24-15-9-7-14(8-10-15)18-12-19(20-6-3-11-31-20)27(25-18)21(28)13-26-22(29)16-4-1-2-5-17(16)23(26)30/h1-3,6-11,16-17,19H,4-5,12-13H2/t16-,17+,19-/m0/s1. The second kappa shape index (κ2) is 7.81. The van der Waals surface area contributed by atoms with Gasteiger partial charge in [-0.2, -0.15) is 5.10 Å². The van der Waals surface area contributed by atoms with Crippen LogP contribution in [0.4, 0.5) is 0 Å². The summed E-state index contributed by atoms with van der Waals surface area (Å²) >= 11 is 5.99. The molecule has 1 fully saturated rings. The van der Waals surface area contributed by atoms with Crippen molar-refractivity contribution in [2.24, 2.45) is 16.9 Å². The predicted molar refractivity (Wildman–Crippen MR) is 113 cm³/mol. The number of rotatable bonds is 4. The summed E-state index contributed by atoms with van der Waals surface area (Å²) in [4.78, 5) is 39.8. The molecule has 158 valence electrons. The maximum Gasteiger partial charge on any atom is 0.263 e. The summed E-state index contributed by atoms with van der Waals surface area (Å²) in [6, 6.07) is 10.3. The Labute approximate surface area is 183 Å². The zero-order chi connectivity index (χ0) is 21.5. The minimum Gasteiger partial charge on any atom is -0.467 e. The lowest BCUT2D eigenvalue weighted by Crippen LogP contribution is -2.41. The maximum absolute atomic E-state index is 13.2. The number of fused-ring (bicyclic) bond motifs is 1. The van der Waals surface area contributed by atoms with E-state index < -0.39 is 11.9 Å². The Hall–Kier alpha value is -3.19. The summed E-state index contributed by atoms with van der Waals surface area (Å²) in [5.74, 6) is -1.10. The third kappa shape index (κ3) is 3.49. The quantitative estimate of drug-likeness (QED) is 0.540. The number of imide groups is 1. The third-order valence-electron chi connectivity index (χ3n) is 6.11. The smallest absolute Gasteiger partial charge is 0.263 e. The maximum atomic E-state index is 13.2. The van der Waals surface area contributed by atoms with E-state index in [2.05, 4.69) is 5.10 Å². The van der Waals surface area contributed by atoms with Gasteiger partial charge in [0.1, 0.15) is 18.3 Å². The van der Waals surface area contributed by atoms with E-state index in [9.17, 15) is 14.4 Å². The van der Waals surface area contributed by atoms with Crippen molar-refractivity contribution >= 4 is 35.0 Å². The van der Waals surface area contributed by atoms with E-state index in [-0.39, 0.29) is 30.2 Å². The van der Waals surface area contributed by atoms with Gasteiger partial charge >= 0.3 is 0 Å². The number of benzene rings is 1. The molecule has 31 heavy (non-hydrogen) atoms. The van der Waals surface area contributed by atoms with E-state index in [0.29, 0.717) is 35.8 Å². The molecular formula is C23H20ClN3O4. The molecule has 3 amide bonds. The Balaban J connectivity index is 1.40. The zero-order valence-corrected chi connectivity index (χ0v) is 17.4. The second-order valence-corrected chi connectivity index (χ2v) is 8.38. The highest BCUT2D eigenvalue weighted by molar-refractivity contribution is 6.30. The van der Waals surface area contributed by atoms with Gasteiger partial charge in [0.2, 0.25) is 11.8 Å². The molecule has 3 atom stereocenters. The van der Waals surface area contributed by atoms with Crippen LogP contribution < -0.4 is 0 Å². The van der Waals surface area contributed by atoms with Crippen LogP contribution in [0.2, 0.25) is 5.02 Å². The molecule has 1 saturated heterocycles. The Kier molecular flexibility index (Phi) is 4.98. The average Bonchev–Trinajstić information content (AvgIpc) is 3.51. The first-order valence-corrected chi connectivity index (χ1v) is 10.6. The summed E-state index contributed by atoms with van der Waals surface area (Å²) in [6.45, 7) is -0.320. The highest BCUT2D eigenvalue weighted by Crippen LogP contribution is 2.37. The summed E-state index contributed by atoms with van der Waals surface area (Å²) in [5, 5.41) is 6.49. The van der Waals surface area contributed by atoms with Gasteiger partial charge in [-0.15, -0.1) is 0 Å². The number of hydrogen-bond acceptors (Lipinski definition) is 5. The van der Waals surface area contributed by atoms with Crippen molar-refractivity contribution in [2.75, 3.05) is 6.54 Å². The molecule has 5 rings (SSSR count). The highest BCUT2D eigenvalue weighted by atomic mass is 35.5. The number of amides is 3. The van der Waals surface area contributed by atoms with Crippen LogP contribution in [-0.2, 0) is 14.4 Å². The van der Waals surface area contributed by atoms with Crippen molar-refractivity contribution in [3.05, 3.63) is 71.2 Å². The van der Waals surface area contributed by atoms with E-state index in [1.165, 1.54) is 5.01 Å². The first-order chi connectivity index (χ1) is 15.0. The largest absolute Gasteiger partial charge is 0.467 e. The molecule has 7 nitrogen and oxygen atoms in total. The van der Waals surface area contributed by atoms with E-state index >= 15 is 0 Å². The number of allylic oxidation sites excluding steroid dienone is 2. The van der Waals surface area contributed by atoms with E-state index in [0.717, 1.165) is 10.5 Å². The van der Waals surface area contributed by atoms with Crippen LogP contribution in [0.15, 0.2) is 64.3 Å². The van der Waals surface area contributed by atoms with Crippen LogP contribution >= 0.6 is 11.6 Å². The van der Waals surface area contributed by atoms with Gasteiger partial charge in [0.05, 0.1) is 23.8 Å². The molecule has 3 aliphatic rings. The van der Waals surface area contributed by atoms with Crippen LogP contribution in [0.5, 0.6) is 0 Å². The minimum absolute atomic E-state index is 0.275. The fourth-order valence-corrected chi connectivity index (χ4v) is 4.62. The fraction of sp³-hybridized carbons (Fsp3) is 0.304. The van der Waals surface area contributed by atoms with Crippen LogP contribution in [-0.4, -0.2) is 39.9 Å². The zero-order valence-electron chi connectivity index (χ0n) is 16.6. The molecule has 0 unspecified atom stereocenters. The molecule has 0 spiro atoms. The number of carbonyl (C=O) groups excluding carboxylic acids is 3. The Morgan fingerprint density at radius 2 is 1.74 bits per heavy atom. The summed E-state index contributed by atoms with van der Waals surface area (Å²) < 4.78 is 5.55. The van der Waals surface area contributed by atoms with Crippen molar-refractivity contribution in [3.63, 3.8) is 0 Å². The highest BCUT2D eigenvalue weighted by Gasteiger charge is 2.48. The van der Waals surface area contributed by atoms with Crippen LogP contribution in [0.3, 0.4) is 0 Å². The summed E-state index contributed by atoms with van der Waals surface area (Å²) in [5.41, 5.74) is 1.56. The fourth-order valence-electron chi connectivity index (χ4n) is 4.49. The van der Waals surface area contributed by atoms with E-state index in [4.69, 9.17) is 16.0 Å². The second-order valence-electron chi connectivity index (χ2n) is 7.95. The summed E-state index contributed by atoms with van der Waals surface area (Å²) in [7, 11) is 0. The third-order valence-corrected chi connectivity index (χ3v) is 6.36. The van der Waals surface area contributed by atoms with Crippen LogP contribution in [0, 0.1) is 11.8 Å². The summed E-state index contributed by atoms with van der Waals surface area (Å²) in [6.07, 6.45) is 6.93. The van der Waals surface area contributed by atoms with Gasteiger partial charge in [0.15, 0.2) is 0 Å². The first-order valence-electron chi connectivity index (χ1n) is 10.2. The molecule has 3 heterocycles. The molecule has 2 aliphatic heterocycles. The number of nitrogens with zero attached hydrogens (tertiary/aromatic N) is 3. The lowest BCUT2D eigenvalue weighted by Gasteiger charge is -2.22. The van der Waals surface area contributed by atoms with Gasteiger partial charge in [-0.25, -0.2) is 5.01 Å². The topological polar surface area (TPSA) is 83.2 Å². The lowest BCUT2D eigenvalue weighted by molar-refractivity contribution is -0.147. The molecule has 0 bridgehead atoms. The van der Waals surface area contributed by atoms with Gasteiger partial charge < -0.3 is 4.42 Å². The Morgan fingerprint density at radius 1 is 1.06 bits per heavy atom. The first kappa shape index (κ1) is 19.8. The van der Waals surface area contributed by atoms with Gasteiger partial charge in [0.25, 0.3) is 5.91 Å². The van der Waals surface area contributed by atoms with Crippen molar-refractivity contribution in [1.29, 1.82) is 0 Å². The minimum atomic E-state index is -0.440. The molecule has 0 radical (unpaired) electrons. The number of halogens is 1. The number of likely N-dealkylation sites (tertiary alicyclic amines) is 1. The van der Waals surface area contributed by atoms with Gasteiger partial charge in [-0.05, 0) is 42.7 Å². The monoisotopic (exact) mass is 437 g/mol. The molecular weight excluding hydrogens is 418 g/mol. The number of hydrogen-bond donors (Lipinski definition) is 0. The van der Waals surface area contributed by atoms with Crippen molar-refractivity contribution in [1.82, 2.24) is 9.91 Å². The van der Waals surface area contributed by atoms with E-state index in [1.807, 2.05) is 24.3 Å². The van der Waals surface area contributed by atoms with Gasteiger partial charge in [-0.1, -0.05) is 35.9 Å². The normalized spacial score (nSPS) is 25.2. The molecule has 0 saturated carbocycles. The molecule has 0 N–H and O–H groups in total. The number of carbonyl (C=O) groups is 3. The number of furan rings is 1. The SMILES string of the molecule is O=C1[C@H]2CC=CC[C@H]2C(=O)N1CC(=O)N1N=C(c2ccc(Cl)cc2)C[C@H]1c1ccco1. The molecule has 8 heteroatoms. The van der Waals surface area contributed by atoms with E-state index in [1.54, 1.807) is 30.5 Å². The Bertz CT molecular complexity index is 1060. The van der Waals surface area contributed by atoms with Crippen LogP contribution in [0.1, 0.15) is 36.6 Å². The predicted octanol–water partition coefficient (Wildman–Crippen LogP) is 3.56. The van der Waals surface area contributed by atoms with Crippen molar-refractivity contribution in [2.45, 2.75) is 25.3 Å². The lowest BCUT2D eigenvalue weighted by atomic mass is 9.85. The average molecular weight is 438 g/mol. The Morgan fingerprint density at radius 3 is 2.35 bits per heavy atom. The molecule has 1 aromatic carbocycles. The molecule has 2 aromatic rings. The number of hydrazone groups is 1. The van der Waals surface area contributed by atoms with Gasteiger partial charge in [-0.3, -0.25) is 19.3 Å². The van der Waals surface area contributed by atoms with Crippen molar-refractivity contribution < 1.29 is 18.8 Å². The van der Waals surface area contributed by atoms with Gasteiger partial charge in [0, 0.05) is 11.4 Å².